The van der Waals surface area contributed by atoms with Gasteiger partial charge in [-0.3, -0.25) is 4.68 Å². The lowest BCUT2D eigenvalue weighted by atomic mass is 10.1. The summed E-state index contributed by atoms with van der Waals surface area (Å²) in [4.78, 5) is 0. The van der Waals surface area contributed by atoms with Gasteiger partial charge in [0.2, 0.25) is 5.16 Å². The van der Waals surface area contributed by atoms with Crippen LogP contribution in [0.5, 0.6) is 0 Å². The molecule has 0 aromatic carbocycles. The molecule has 0 saturated carbocycles. The van der Waals surface area contributed by atoms with Crippen LogP contribution in [0.15, 0.2) is 11.2 Å². The number of aromatic nitrogens is 6. The molecular formula is C13H23N7S. The fraction of sp³-hybridized carbons (Fsp3) is 0.692. The van der Waals surface area contributed by atoms with Crippen molar-refractivity contribution in [3.8, 4) is 0 Å². The normalized spacial score (nSPS) is 12.0. The molecule has 0 aliphatic rings. The number of hydrogen-bond acceptors (Lipinski definition) is 6. The molecule has 116 valence electrons. The van der Waals surface area contributed by atoms with Gasteiger partial charge in [-0.05, 0) is 44.2 Å². The Morgan fingerprint density at radius 3 is 2.71 bits per heavy atom. The summed E-state index contributed by atoms with van der Waals surface area (Å²) in [6, 6.07) is 2.09. The third-order valence-electron chi connectivity index (χ3n) is 2.93. The van der Waals surface area contributed by atoms with Crippen molar-refractivity contribution in [2.75, 3.05) is 6.54 Å². The van der Waals surface area contributed by atoms with Gasteiger partial charge in [0.25, 0.3) is 0 Å². The maximum Gasteiger partial charge on any atom is 0.209 e. The Bertz CT molecular complexity index is 582. The molecule has 0 aliphatic heterocycles. The van der Waals surface area contributed by atoms with E-state index in [0.29, 0.717) is 0 Å². The quantitative estimate of drug-likeness (QED) is 0.813. The Morgan fingerprint density at radius 1 is 1.33 bits per heavy atom. The molecule has 0 fully saturated rings. The van der Waals surface area contributed by atoms with E-state index < -0.39 is 0 Å². The van der Waals surface area contributed by atoms with Crippen LogP contribution in [-0.4, -0.2) is 42.1 Å². The van der Waals surface area contributed by atoms with Gasteiger partial charge in [0.1, 0.15) is 0 Å². The van der Waals surface area contributed by atoms with Gasteiger partial charge in [-0.1, -0.05) is 11.8 Å². The molecule has 21 heavy (non-hydrogen) atoms. The molecule has 2 aromatic rings. The van der Waals surface area contributed by atoms with Crippen LogP contribution in [0.3, 0.4) is 0 Å². The van der Waals surface area contributed by atoms with Crippen LogP contribution in [0.25, 0.3) is 0 Å². The minimum Gasteiger partial charge on any atom is -0.310 e. The molecule has 2 heterocycles. The predicted molar refractivity (Wildman–Crippen MR) is 83.1 cm³/mol. The first kappa shape index (κ1) is 16.0. The molecule has 2 aromatic heterocycles. The first-order chi connectivity index (χ1) is 9.85. The summed E-state index contributed by atoms with van der Waals surface area (Å²) in [5, 5.41) is 20.5. The summed E-state index contributed by atoms with van der Waals surface area (Å²) >= 11 is 1.63. The van der Waals surface area contributed by atoms with Crippen molar-refractivity contribution in [3.63, 3.8) is 0 Å². The third kappa shape index (κ3) is 4.82. The number of aryl methyl sites for hydroxylation is 2. The van der Waals surface area contributed by atoms with E-state index >= 15 is 0 Å². The highest BCUT2D eigenvalue weighted by atomic mass is 32.2. The fourth-order valence-corrected chi connectivity index (χ4v) is 2.83. The van der Waals surface area contributed by atoms with Crippen LogP contribution < -0.4 is 5.32 Å². The van der Waals surface area contributed by atoms with E-state index in [-0.39, 0.29) is 5.54 Å². The summed E-state index contributed by atoms with van der Waals surface area (Å²) in [7, 11) is 1.96. The molecule has 0 atom stereocenters. The van der Waals surface area contributed by atoms with E-state index in [2.05, 4.69) is 52.8 Å². The number of nitrogens with one attached hydrogen (secondary N) is 1. The van der Waals surface area contributed by atoms with E-state index in [9.17, 15) is 0 Å². The fourth-order valence-electron chi connectivity index (χ4n) is 1.91. The van der Waals surface area contributed by atoms with Crippen LogP contribution in [0.1, 0.15) is 32.2 Å². The highest BCUT2D eigenvalue weighted by Crippen LogP contribution is 2.19. The maximum absolute atomic E-state index is 4.34. The molecular weight excluding hydrogens is 286 g/mol. The monoisotopic (exact) mass is 309 g/mol. The Labute approximate surface area is 129 Å². The predicted octanol–water partition coefficient (Wildman–Crippen LogP) is 1.40. The smallest absolute Gasteiger partial charge is 0.209 e. The van der Waals surface area contributed by atoms with Gasteiger partial charge < -0.3 is 5.32 Å². The second-order valence-electron chi connectivity index (χ2n) is 6.05. The van der Waals surface area contributed by atoms with E-state index in [1.807, 2.05) is 23.3 Å². The molecule has 8 heteroatoms. The molecule has 2 rings (SSSR count). The Balaban J connectivity index is 1.90. The maximum atomic E-state index is 4.34. The third-order valence-corrected chi connectivity index (χ3v) is 3.92. The SMILES string of the molecule is Cc1cc(CSc2nnnn2CCNC(C)(C)C)n(C)n1. The molecule has 7 nitrogen and oxygen atoms in total. The number of hydrogen-bond donors (Lipinski definition) is 1. The van der Waals surface area contributed by atoms with Crippen LogP contribution in [-0.2, 0) is 19.3 Å². The second kappa shape index (κ2) is 6.57. The average Bonchev–Trinajstić information content (AvgIpc) is 2.92. The van der Waals surface area contributed by atoms with Gasteiger partial charge in [0.05, 0.1) is 12.2 Å². The number of tetrazole rings is 1. The van der Waals surface area contributed by atoms with E-state index in [1.54, 1.807) is 11.8 Å². The average molecular weight is 309 g/mol. The highest BCUT2D eigenvalue weighted by Gasteiger charge is 2.11. The summed E-state index contributed by atoms with van der Waals surface area (Å²) in [5.41, 5.74) is 2.30. The molecule has 0 radical (unpaired) electrons. The van der Waals surface area contributed by atoms with E-state index in [0.717, 1.165) is 29.7 Å². The molecule has 0 unspecified atom stereocenters. The van der Waals surface area contributed by atoms with Crippen molar-refractivity contribution in [3.05, 3.63) is 17.5 Å². The number of rotatable bonds is 6. The summed E-state index contributed by atoms with van der Waals surface area (Å²) in [6.07, 6.45) is 0. The largest absolute Gasteiger partial charge is 0.310 e. The van der Waals surface area contributed by atoms with Gasteiger partial charge in [0, 0.05) is 30.6 Å². The summed E-state index contributed by atoms with van der Waals surface area (Å²) in [6.45, 7) is 10.0. The number of nitrogens with zero attached hydrogens (tertiary/aromatic N) is 6. The molecule has 0 bridgehead atoms. The van der Waals surface area contributed by atoms with Crippen molar-refractivity contribution in [2.45, 2.75) is 50.7 Å². The zero-order valence-electron chi connectivity index (χ0n) is 13.3. The van der Waals surface area contributed by atoms with Crippen molar-refractivity contribution in [2.24, 2.45) is 7.05 Å². The van der Waals surface area contributed by atoms with Crippen molar-refractivity contribution in [1.29, 1.82) is 0 Å². The van der Waals surface area contributed by atoms with Crippen molar-refractivity contribution >= 4 is 11.8 Å². The summed E-state index contributed by atoms with van der Waals surface area (Å²) < 4.78 is 3.74. The van der Waals surface area contributed by atoms with Crippen LogP contribution in [0, 0.1) is 6.92 Å². The Hall–Kier alpha value is -1.41. The standard InChI is InChI=1S/C13H23N7S/c1-10-8-11(19(5)16-10)9-21-12-15-17-18-20(12)7-6-14-13(2,3)4/h8,14H,6-7,9H2,1-5H3. The lowest BCUT2D eigenvalue weighted by Gasteiger charge is -2.20. The van der Waals surface area contributed by atoms with Gasteiger partial charge in [-0.2, -0.15) is 5.10 Å². The minimum atomic E-state index is 0.105. The van der Waals surface area contributed by atoms with Crippen molar-refractivity contribution in [1.82, 2.24) is 35.3 Å². The first-order valence-electron chi connectivity index (χ1n) is 6.99. The van der Waals surface area contributed by atoms with E-state index in [1.165, 1.54) is 5.69 Å². The first-order valence-corrected chi connectivity index (χ1v) is 7.97. The highest BCUT2D eigenvalue weighted by molar-refractivity contribution is 7.98. The zero-order chi connectivity index (χ0) is 15.5. The van der Waals surface area contributed by atoms with Crippen LogP contribution >= 0.6 is 11.8 Å². The lowest BCUT2D eigenvalue weighted by Crippen LogP contribution is -2.38. The molecule has 0 amide bonds. The topological polar surface area (TPSA) is 73.5 Å². The van der Waals surface area contributed by atoms with Gasteiger partial charge >= 0.3 is 0 Å². The molecule has 0 spiro atoms. The van der Waals surface area contributed by atoms with Crippen LogP contribution in [0.2, 0.25) is 0 Å². The molecule has 1 N–H and O–H groups in total. The van der Waals surface area contributed by atoms with Gasteiger partial charge in [0.15, 0.2) is 0 Å². The Kier molecular flexibility index (Phi) is 5.00. The second-order valence-corrected chi connectivity index (χ2v) is 6.99. The van der Waals surface area contributed by atoms with Gasteiger partial charge in [-0.15, -0.1) is 5.10 Å². The summed E-state index contributed by atoms with van der Waals surface area (Å²) in [5.74, 6) is 0.810. The molecule has 0 aliphatic carbocycles. The molecule has 0 saturated heterocycles. The number of thioether (sulfide) groups is 1. The minimum absolute atomic E-state index is 0.105. The zero-order valence-corrected chi connectivity index (χ0v) is 14.1. The van der Waals surface area contributed by atoms with E-state index in [4.69, 9.17) is 0 Å². The van der Waals surface area contributed by atoms with Crippen LogP contribution in [0.4, 0.5) is 0 Å². The van der Waals surface area contributed by atoms with Crippen molar-refractivity contribution < 1.29 is 0 Å². The Morgan fingerprint density at radius 2 is 2.10 bits per heavy atom. The lowest BCUT2D eigenvalue weighted by molar-refractivity contribution is 0.396. The van der Waals surface area contributed by atoms with Gasteiger partial charge in [-0.25, -0.2) is 4.68 Å².